The van der Waals surface area contributed by atoms with Crippen molar-refractivity contribution in [2.24, 2.45) is 0 Å². The van der Waals surface area contributed by atoms with E-state index in [1.165, 1.54) is 6.20 Å². The second kappa shape index (κ2) is 7.17. The third-order valence-corrected chi connectivity index (χ3v) is 4.01. The molecule has 6 nitrogen and oxygen atoms in total. The van der Waals surface area contributed by atoms with E-state index >= 15 is 0 Å². The molecule has 3 aromatic rings. The fourth-order valence-electron chi connectivity index (χ4n) is 2.85. The van der Waals surface area contributed by atoms with E-state index < -0.39 is 11.5 Å². The van der Waals surface area contributed by atoms with Crippen LogP contribution in [0.25, 0.3) is 11.0 Å². The lowest BCUT2D eigenvalue weighted by Gasteiger charge is -2.13. The van der Waals surface area contributed by atoms with Crippen LogP contribution in [0.5, 0.6) is 0 Å². The normalized spacial score (nSPS) is 10.8. The summed E-state index contributed by atoms with van der Waals surface area (Å²) >= 11 is 0. The van der Waals surface area contributed by atoms with Crippen molar-refractivity contribution in [2.45, 2.75) is 19.8 Å². The summed E-state index contributed by atoms with van der Waals surface area (Å²) in [6.07, 6.45) is 2.59. The molecule has 0 aliphatic heterocycles. The molecule has 0 aliphatic rings. The first kappa shape index (κ1) is 16.7. The number of rotatable bonds is 5. The number of fused-ring (bicyclic) bond motifs is 1. The highest BCUT2D eigenvalue weighted by molar-refractivity contribution is 5.96. The van der Waals surface area contributed by atoms with Gasteiger partial charge in [0.2, 0.25) is 0 Å². The number of hydrogen-bond donors (Lipinski definition) is 1. The number of carbonyl (C=O) groups excluding carboxylic acids is 1. The Balaban J connectivity index is 2.16. The highest BCUT2D eigenvalue weighted by Crippen LogP contribution is 2.21. The molecule has 0 amide bonds. The summed E-state index contributed by atoms with van der Waals surface area (Å²) in [5, 5.41) is 10.7. The summed E-state index contributed by atoms with van der Waals surface area (Å²) in [6.45, 7) is 1.81. The Hall–Kier alpha value is -3.15. The molecule has 6 heteroatoms. The number of benzene rings is 1. The monoisotopic (exact) mass is 338 g/mol. The number of hydrogen-bond acceptors (Lipinski definition) is 5. The molecule has 0 spiro atoms. The van der Waals surface area contributed by atoms with Crippen LogP contribution in [0.3, 0.4) is 0 Å². The van der Waals surface area contributed by atoms with E-state index in [-0.39, 0.29) is 17.8 Å². The predicted octanol–water partition coefficient (Wildman–Crippen LogP) is 2.60. The average molecular weight is 338 g/mol. The molecule has 2 aromatic heterocycles. The standard InChI is InChI=1S/C19H18N2O4/c1-2-25-19(23)16-14(11-10-13-7-4-3-5-8-13)15-9-6-12-20-17(15)21(24)18(16)22/h3-9,12,24H,2,10-11H2,1H3. The van der Waals surface area contributed by atoms with Crippen molar-refractivity contribution in [3.63, 3.8) is 0 Å². The van der Waals surface area contributed by atoms with Crippen LogP contribution >= 0.6 is 0 Å². The summed E-state index contributed by atoms with van der Waals surface area (Å²) in [5.74, 6) is -0.732. The number of aromatic nitrogens is 2. The molecule has 2 heterocycles. The van der Waals surface area contributed by atoms with Gasteiger partial charge in [0.1, 0.15) is 5.56 Å². The number of carbonyl (C=O) groups is 1. The van der Waals surface area contributed by atoms with E-state index in [9.17, 15) is 14.8 Å². The first-order valence-corrected chi connectivity index (χ1v) is 8.06. The predicted molar refractivity (Wildman–Crippen MR) is 93.0 cm³/mol. The van der Waals surface area contributed by atoms with E-state index in [4.69, 9.17) is 4.74 Å². The number of ether oxygens (including phenoxy) is 1. The minimum atomic E-state index is -0.812. The van der Waals surface area contributed by atoms with Crippen molar-refractivity contribution in [1.82, 2.24) is 9.71 Å². The van der Waals surface area contributed by atoms with Gasteiger partial charge in [0.25, 0.3) is 5.56 Å². The molecule has 0 fully saturated rings. The van der Waals surface area contributed by atoms with Crippen LogP contribution < -0.4 is 5.56 Å². The summed E-state index contributed by atoms with van der Waals surface area (Å²) in [7, 11) is 0. The summed E-state index contributed by atoms with van der Waals surface area (Å²) in [4.78, 5) is 28.9. The van der Waals surface area contributed by atoms with Crippen LogP contribution in [-0.4, -0.2) is 27.5 Å². The lowest BCUT2D eigenvalue weighted by atomic mass is 9.98. The highest BCUT2D eigenvalue weighted by Gasteiger charge is 2.23. The van der Waals surface area contributed by atoms with Crippen molar-refractivity contribution in [1.29, 1.82) is 0 Å². The molecule has 0 radical (unpaired) electrons. The third kappa shape index (κ3) is 3.24. The summed E-state index contributed by atoms with van der Waals surface area (Å²) in [6, 6.07) is 13.2. The first-order valence-electron chi connectivity index (χ1n) is 8.06. The summed E-state index contributed by atoms with van der Waals surface area (Å²) in [5.41, 5.74) is 0.806. The van der Waals surface area contributed by atoms with Crippen molar-refractivity contribution < 1.29 is 14.7 Å². The van der Waals surface area contributed by atoms with E-state index in [1.54, 1.807) is 19.1 Å². The van der Waals surface area contributed by atoms with Gasteiger partial charge in [-0.3, -0.25) is 4.79 Å². The SMILES string of the molecule is CCOC(=O)c1c(CCc2ccccc2)c2cccnc2n(O)c1=O. The van der Waals surface area contributed by atoms with Gasteiger partial charge in [0.15, 0.2) is 5.65 Å². The average Bonchev–Trinajstić information content (AvgIpc) is 2.64. The van der Waals surface area contributed by atoms with Crippen molar-refractivity contribution >= 4 is 17.0 Å². The molecule has 0 atom stereocenters. The minimum Gasteiger partial charge on any atom is -0.462 e. The quantitative estimate of drug-likeness (QED) is 0.571. The van der Waals surface area contributed by atoms with Gasteiger partial charge in [0, 0.05) is 11.6 Å². The molecule has 0 saturated carbocycles. The van der Waals surface area contributed by atoms with E-state index in [0.29, 0.717) is 28.5 Å². The van der Waals surface area contributed by atoms with Crippen LogP contribution in [0.2, 0.25) is 0 Å². The second-order valence-electron chi connectivity index (χ2n) is 5.55. The lowest BCUT2D eigenvalue weighted by molar-refractivity contribution is 0.0517. The Morgan fingerprint density at radius 2 is 1.92 bits per heavy atom. The molecule has 0 unspecified atom stereocenters. The zero-order chi connectivity index (χ0) is 17.8. The van der Waals surface area contributed by atoms with E-state index in [1.807, 2.05) is 30.3 Å². The van der Waals surface area contributed by atoms with Crippen molar-refractivity contribution in [2.75, 3.05) is 6.61 Å². The van der Waals surface area contributed by atoms with Gasteiger partial charge < -0.3 is 9.94 Å². The van der Waals surface area contributed by atoms with Crippen LogP contribution in [0.1, 0.15) is 28.4 Å². The fraction of sp³-hybridized carbons (Fsp3) is 0.211. The van der Waals surface area contributed by atoms with Crippen LogP contribution in [0.4, 0.5) is 0 Å². The molecule has 0 bridgehead atoms. The largest absolute Gasteiger partial charge is 0.462 e. The first-order chi connectivity index (χ1) is 12.1. The molecule has 25 heavy (non-hydrogen) atoms. The van der Waals surface area contributed by atoms with Gasteiger partial charge in [-0.1, -0.05) is 30.3 Å². The molecule has 1 aromatic carbocycles. The van der Waals surface area contributed by atoms with E-state index in [2.05, 4.69) is 4.98 Å². The van der Waals surface area contributed by atoms with Crippen molar-refractivity contribution in [3.05, 3.63) is 75.7 Å². The van der Waals surface area contributed by atoms with Gasteiger partial charge in [-0.15, -0.1) is 4.73 Å². The van der Waals surface area contributed by atoms with Crippen LogP contribution in [0, 0.1) is 0 Å². The number of pyridine rings is 2. The van der Waals surface area contributed by atoms with Gasteiger partial charge in [-0.2, -0.15) is 0 Å². The second-order valence-corrected chi connectivity index (χ2v) is 5.55. The third-order valence-electron chi connectivity index (χ3n) is 4.01. The smallest absolute Gasteiger partial charge is 0.344 e. The maximum atomic E-state index is 12.5. The molecular formula is C19H18N2O4. The van der Waals surface area contributed by atoms with E-state index in [0.717, 1.165) is 5.56 Å². The van der Waals surface area contributed by atoms with Crippen molar-refractivity contribution in [3.8, 4) is 0 Å². The Bertz CT molecular complexity index is 964. The Kier molecular flexibility index (Phi) is 4.79. The van der Waals surface area contributed by atoms with Crippen LogP contribution in [-0.2, 0) is 17.6 Å². The highest BCUT2D eigenvalue weighted by atomic mass is 16.5. The zero-order valence-corrected chi connectivity index (χ0v) is 13.8. The molecule has 0 saturated heterocycles. The molecule has 0 aliphatic carbocycles. The number of esters is 1. The van der Waals surface area contributed by atoms with Gasteiger partial charge >= 0.3 is 5.97 Å². The number of nitrogens with zero attached hydrogens (tertiary/aromatic N) is 2. The number of aryl methyl sites for hydroxylation is 2. The minimum absolute atomic E-state index is 0.128. The fourth-order valence-corrected chi connectivity index (χ4v) is 2.85. The lowest BCUT2D eigenvalue weighted by Crippen LogP contribution is -2.29. The Labute approximate surface area is 144 Å². The molecule has 1 N–H and O–H groups in total. The molecular weight excluding hydrogens is 320 g/mol. The Morgan fingerprint density at radius 3 is 2.64 bits per heavy atom. The van der Waals surface area contributed by atoms with Gasteiger partial charge in [0.05, 0.1) is 6.61 Å². The molecule has 128 valence electrons. The Morgan fingerprint density at radius 1 is 1.16 bits per heavy atom. The summed E-state index contributed by atoms with van der Waals surface area (Å²) < 4.78 is 5.43. The van der Waals surface area contributed by atoms with Gasteiger partial charge in [-0.05, 0) is 43.0 Å². The maximum Gasteiger partial charge on any atom is 0.344 e. The topological polar surface area (TPSA) is 81.4 Å². The van der Waals surface area contributed by atoms with Crippen LogP contribution in [0.15, 0.2) is 53.5 Å². The maximum absolute atomic E-state index is 12.5. The zero-order valence-electron chi connectivity index (χ0n) is 13.8. The van der Waals surface area contributed by atoms with Gasteiger partial charge in [-0.25, -0.2) is 9.78 Å². The molecule has 3 rings (SSSR count).